The summed E-state index contributed by atoms with van der Waals surface area (Å²) in [6.45, 7) is 6.71. The third-order valence-corrected chi connectivity index (χ3v) is 6.49. The van der Waals surface area contributed by atoms with Crippen LogP contribution in [0.2, 0.25) is 5.02 Å². The molecule has 1 spiro atoms. The number of carbonyl (C=O) groups is 1. The highest BCUT2D eigenvalue weighted by atomic mass is 35.5. The molecule has 28 heavy (non-hydrogen) atoms. The van der Waals surface area contributed by atoms with Gasteiger partial charge in [0.25, 0.3) is 5.91 Å². The average Bonchev–Trinajstić information content (AvgIpc) is 3.11. The maximum atomic E-state index is 12.8. The lowest BCUT2D eigenvalue weighted by molar-refractivity contribution is -0.128. The van der Waals surface area contributed by atoms with Gasteiger partial charge in [-0.2, -0.15) is 0 Å². The molecular weight excluding hydrogens is 417 g/mol. The highest BCUT2D eigenvalue weighted by Gasteiger charge is 2.41. The molecule has 0 atom stereocenters. The van der Waals surface area contributed by atoms with E-state index in [1.807, 2.05) is 29.3 Å². The monoisotopic (exact) mass is 441 g/mol. The summed E-state index contributed by atoms with van der Waals surface area (Å²) >= 11 is 7.49. The third kappa shape index (κ3) is 4.86. The molecule has 4 rings (SSSR count). The van der Waals surface area contributed by atoms with Crippen LogP contribution in [0.25, 0.3) is 0 Å². The number of hydrogen-bond acceptors (Lipinski definition) is 5. The second-order valence-corrected chi connectivity index (χ2v) is 8.91. The molecule has 0 radical (unpaired) electrons. The summed E-state index contributed by atoms with van der Waals surface area (Å²) in [6, 6.07) is 8.05. The van der Waals surface area contributed by atoms with Crippen molar-refractivity contribution in [3.05, 3.63) is 50.9 Å². The van der Waals surface area contributed by atoms with Gasteiger partial charge in [-0.3, -0.25) is 9.69 Å². The molecular formula is C20H25Cl2N3O2S. The van der Waals surface area contributed by atoms with Gasteiger partial charge in [-0.25, -0.2) is 4.98 Å². The molecule has 152 valence electrons. The number of thiazole rings is 1. The van der Waals surface area contributed by atoms with Crippen LogP contribution < -0.4 is 0 Å². The maximum Gasteiger partial charge on any atom is 0.273 e. The zero-order valence-corrected chi connectivity index (χ0v) is 18.3. The van der Waals surface area contributed by atoms with E-state index in [1.165, 1.54) is 16.9 Å². The number of halogens is 2. The summed E-state index contributed by atoms with van der Waals surface area (Å²) in [4.78, 5) is 21.5. The normalized spacial score (nSPS) is 19.4. The quantitative estimate of drug-likeness (QED) is 0.720. The van der Waals surface area contributed by atoms with Gasteiger partial charge in [0.15, 0.2) is 0 Å². The molecule has 8 heteroatoms. The minimum Gasteiger partial charge on any atom is -0.371 e. The average molecular weight is 442 g/mol. The number of hydrogen-bond donors (Lipinski definition) is 0. The number of nitrogens with zero attached hydrogens (tertiary/aromatic N) is 3. The molecule has 2 aromatic rings. The van der Waals surface area contributed by atoms with Crippen LogP contribution in [-0.2, 0) is 11.3 Å². The first-order chi connectivity index (χ1) is 13.0. The molecule has 3 heterocycles. The Kier molecular flexibility index (Phi) is 6.99. The van der Waals surface area contributed by atoms with Crippen molar-refractivity contribution in [1.29, 1.82) is 0 Å². The van der Waals surface area contributed by atoms with Gasteiger partial charge in [0, 0.05) is 36.6 Å². The Morgan fingerprint density at radius 1 is 1.25 bits per heavy atom. The van der Waals surface area contributed by atoms with Crippen LogP contribution in [0.1, 0.15) is 33.9 Å². The standard InChI is InChI=1S/C20H24ClN3O2S.ClH/c1-15-22-18(13-27-15)19(25)24-10-11-26-20(14-24)6-8-23(9-7-20)12-16-2-4-17(21)5-3-16;/h2-5,13H,6-12,14H2,1H3;1H. The summed E-state index contributed by atoms with van der Waals surface area (Å²) in [5, 5.41) is 3.55. The first-order valence-corrected chi connectivity index (χ1v) is 10.6. The second-order valence-electron chi connectivity index (χ2n) is 7.41. The Morgan fingerprint density at radius 2 is 1.96 bits per heavy atom. The van der Waals surface area contributed by atoms with Crippen LogP contribution in [0, 0.1) is 6.92 Å². The molecule has 0 bridgehead atoms. The third-order valence-electron chi connectivity index (χ3n) is 5.46. The summed E-state index contributed by atoms with van der Waals surface area (Å²) in [5.41, 5.74) is 1.63. The number of ether oxygens (including phenoxy) is 1. The van der Waals surface area contributed by atoms with Crippen molar-refractivity contribution in [2.45, 2.75) is 31.9 Å². The largest absolute Gasteiger partial charge is 0.371 e. The zero-order valence-electron chi connectivity index (χ0n) is 15.9. The van der Waals surface area contributed by atoms with Crippen molar-refractivity contribution < 1.29 is 9.53 Å². The number of aryl methyl sites for hydroxylation is 1. The van der Waals surface area contributed by atoms with Crippen LogP contribution in [0.4, 0.5) is 0 Å². The topological polar surface area (TPSA) is 45.7 Å². The Hall–Kier alpha value is -1.18. The fraction of sp³-hybridized carbons (Fsp3) is 0.500. The van der Waals surface area contributed by atoms with Gasteiger partial charge in [0.1, 0.15) is 5.69 Å². The van der Waals surface area contributed by atoms with E-state index in [-0.39, 0.29) is 23.9 Å². The van der Waals surface area contributed by atoms with Gasteiger partial charge < -0.3 is 9.64 Å². The number of rotatable bonds is 3. The molecule has 0 aliphatic carbocycles. The Balaban J connectivity index is 0.00000225. The van der Waals surface area contributed by atoms with Crippen LogP contribution in [0.5, 0.6) is 0 Å². The van der Waals surface area contributed by atoms with Gasteiger partial charge in [0.2, 0.25) is 0 Å². The molecule has 5 nitrogen and oxygen atoms in total. The van der Waals surface area contributed by atoms with Gasteiger partial charge in [-0.1, -0.05) is 23.7 Å². The molecule has 2 aliphatic heterocycles. The van der Waals surface area contributed by atoms with Crippen molar-refractivity contribution in [3.63, 3.8) is 0 Å². The van der Waals surface area contributed by atoms with Crippen molar-refractivity contribution in [1.82, 2.24) is 14.8 Å². The highest BCUT2D eigenvalue weighted by Crippen LogP contribution is 2.31. The number of benzene rings is 1. The summed E-state index contributed by atoms with van der Waals surface area (Å²) < 4.78 is 6.19. The molecule has 2 aliphatic rings. The van der Waals surface area contributed by atoms with Crippen LogP contribution in [0.15, 0.2) is 29.6 Å². The number of carbonyl (C=O) groups excluding carboxylic acids is 1. The number of amides is 1. The minimum absolute atomic E-state index is 0. The van der Waals surface area contributed by atoms with E-state index in [4.69, 9.17) is 16.3 Å². The van der Waals surface area contributed by atoms with E-state index >= 15 is 0 Å². The molecule has 0 saturated carbocycles. The predicted octanol–water partition coefficient (Wildman–Crippen LogP) is 4.03. The maximum absolute atomic E-state index is 12.8. The van der Waals surface area contributed by atoms with E-state index in [1.54, 1.807) is 0 Å². The molecule has 0 N–H and O–H groups in total. The number of likely N-dealkylation sites (tertiary alicyclic amines) is 1. The molecule has 2 saturated heterocycles. The van der Waals surface area contributed by atoms with Crippen molar-refractivity contribution in [3.8, 4) is 0 Å². The van der Waals surface area contributed by atoms with E-state index in [0.717, 1.165) is 42.5 Å². The summed E-state index contributed by atoms with van der Waals surface area (Å²) in [6.07, 6.45) is 1.89. The van der Waals surface area contributed by atoms with Crippen LogP contribution in [-0.4, -0.2) is 59.1 Å². The van der Waals surface area contributed by atoms with E-state index < -0.39 is 0 Å². The Morgan fingerprint density at radius 3 is 2.61 bits per heavy atom. The SMILES string of the molecule is Cc1nc(C(=O)N2CCOC3(CCN(Cc4ccc(Cl)cc4)CC3)C2)cs1.Cl. The molecule has 2 fully saturated rings. The van der Waals surface area contributed by atoms with E-state index in [9.17, 15) is 4.79 Å². The first-order valence-electron chi connectivity index (χ1n) is 9.35. The Labute approximate surface area is 181 Å². The lowest BCUT2D eigenvalue weighted by Crippen LogP contribution is -2.58. The van der Waals surface area contributed by atoms with Crippen molar-refractivity contribution in [2.24, 2.45) is 0 Å². The lowest BCUT2D eigenvalue weighted by atomic mass is 9.89. The van der Waals surface area contributed by atoms with Crippen molar-refractivity contribution >= 4 is 41.3 Å². The fourth-order valence-corrected chi connectivity index (χ4v) is 4.62. The van der Waals surface area contributed by atoms with Gasteiger partial charge >= 0.3 is 0 Å². The highest BCUT2D eigenvalue weighted by molar-refractivity contribution is 7.09. The predicted molar refractivity (Wildman–Crippen MR) is 115 cm³/mol. The van der Waals surface area contributed by atoms with E-state index in [2.05, 4.69) is 22.0 Å². The molecule has 1 aromatic heterocycles. The summed E-state index contributed by atoms with van der Waals surface area (Å²) in [7, 11) is 0. The Bertz CT molecular complexity index is 804. The minimum atomic E-state index is -0.213. The summed E-state index contributed by atoms with van der Waals surface area (Å²) in [5.74, 6) is 0.0330. The zero-order chi connectivity index (χ0) is 18.9. The number of piperidine rings is 1. The fourth-order valence-electron chi connectivity index (χ4n) is 3.91. The first kappa shape index (κ1) is 21.5. The molecule has 1 aromatic carbocycles. The van der Waals surface area contributed by atoms with Gasteiger partial charge in [-0.05, 0) is 37.5 Å². The molecule has 0 unspecified atom stereocenters. The van der Waals surface area contributed by atoms with Crippen molar-refractivity contribution in [2.75, 3.05) is 32.8 Å². The second kappa shape index (κ2) is 9.09. The van der Waals surface area contributed by atoms with Crippen LogP contribution in [0.3, 0.4) is 0 Å². The number of morpholine rings is 1. The van der Waals surface area contributed by atoms with Gasteiger partial charge in [-0.15, -0.1) is 23.7 Å². The van der Waals surface area contributed by atoms with Gasteiger partial charge in [0.05, 0.1) is 23.8 Å². The van der Waals surface area contributed by atoms with E-state index in [0.29, 0.717) is 25.4 Å². The smallest absolute Gasteiger partial charge is 0.273 e. The lowest BCUT2D eigenvalue weighted by Gasteiger charge is -2.47. The number of aromatic nitrogens is 1. The molecule has 1 amide bonds. The van der Waals surface area contributed by atoms with Crippen LogP contribution >= 0.6 is 35.3 Å².